The van der Waals surface area contributed by atoms with Gasteiger partial charge in [-0.3, -0.25) is 4.79 Å². The topological polar surface area (TPSA) is 92.8 Å². The van der Waals surface area contributed by atoms with Crippen molar-refractivity contribution >= 4 is 21.9 Å². The van der Waals surface area contributed by atoms with E-state index in [1.54, 1.807) is 37.3 Å². The first-order valence-corrected chi connectivity index (χ1v) is 9.92. The zero-order chi connectivity index (χ0) is 18.3. The summed E-state index contributed by atoms with van der Waals surface area (Å²) in [4.78, 5) is 23.1. The average molecular weight is 368 g/mol. The van der Waals surface area contributed by atoms with Gasteiger partial charge in [0, 0.05) is 19.1 Å². The Labute approximate surface area is 148 Å². The summed E-state index contributed by atoms with van der Waals surface area (Å²) in [7, 11) is -3.56. The third-order valence-electron chi connectivity index (χ3n) is 4.15. The fraction of sp³-hybridized carbons (Fsp3) is 0.529. The van der Waals surface area contributed by atoms with Crippen molar-refractivity contribution in [2.45, 2.75) is 43.5 Å². The van der Waals surface area contributed by atoms with E-state index in [-0.39, 0.29) is 24.1 Å². The standard InChI is InChI=1S/C17H24N2O5S/c1-2-24-17(21)16(20)18-12-11-14-8-6-7-13-19(14)25(22,23)15-9-4-3-5-10-15/h3-5,9-10,14H,2,6-8,11-13H2,1H3,(H,18,20)/t14-/m1/s1. The van der Waals surface area contributed by atoms with Crippen LogP contribution in [0.15, 0.2) is 35.2 Å². The molecule has 1 N–H and O–H groups in total. The van der Waals surface area contributed by atoms with Crippen molar-refractivity contribution in [2.24, 2.45) is 0 Å². The second-order valence-corrected chi connectivity index (χ2v) is 7.73. The first kappa shape index (κ1) is 19.4. The van der Waals surface area contributed by atoms with Crippen molar-refractivity contribution in [2.75, 3.05) is 19.7 Å². The Morgan fingerprint density at radius 3 is 2.64 bits per heavy atom. The van der Waals surface area contributed by atoms with Crippen LogP contribution in [0.25, 0.3) is 0 Å². The van der Waals surface area contributed by atoms with Crippen molar-refractivity contribution in [3.63, 3.8) is 0 Å². The number of nitrogens with zero attached hydrogens (tertiary/aromatic N) is 1. The highest BCUT2D eigenvalue weighted by Crippen LogP contribution is 2.26. The van der Waals surface area contributed by atoms with Gasteiger partial charge in [0.05, 0.1) is 11.5 Å². The maximum atomic E-state index is 12.9. The van der Waals surface area contributed by atoms with E-state index in [1.807, 2.05) is 0 Å². The van der Waals surface area contributed by atoms with Crippen molar-refractivity contribution in [3.8, 4) is 0 Å². The second-order valence-electron chi connectivity index (χ2n) is 5.84. The number of hydrogen-bond acceptors (Lipinski definition) is 5. The molecule has 1 aliphatic rings. The van der Waals surface area contributed by atoms with Gasteiger partial charge in [0.25, 0.3) is 0 Å². The highest BCUT2D eigenvalue weighted by molar-refractivity contribution is 7.89. The monoisotopic (exact) mass is 368 g/mol. The largest absolute Gasteiger partial charge is 0.459 e. The maximum absolute atomic E-state index is 12.9. The summed E-state index contributed by atoms with van der Waals surface area (Å²) in [5.41, 5.74) is 0. The lowest BCUT2D eigenvalue weighted by molar-refractivity contribution is -0.154. The predicted octanol–water partition coefficient (Wildman–Crippen LogP) is 1.30. The van der Waals surface area contributed by atoms with Gasteiger partial charge in [0.15, 0.2) is 0 Å². The van der Waals surface area contributed by atoms with E-state index in [0.29, 0.717) is 13.0 Å². The lowest BCUT2D eigenvalue weighted by Gasteiger charge is -2.34. The number of esters is 1. The van der Waals surface area contributed by atoms with Crippen LogP contribution in [0, 0.1) is 0 Å². The molecular weight excluding hydrogens is 344 g/mol. The zero-order valence-corrected chi connectivity index (χ0v) is 15.1. The molecular formula is C17H24N2O5S. The lowest BCUT2D eigenvalue weighted by Crippen LogP contribution is -2.45. The molecule has 0 unspecified atom stereocenters. The molecule has 1 atom stereocenters. The van der Waals surface area contributed by atoms with Gasteiger partial charge in [-0.05, 0) is 38.3 Å². The summed E-state index contributed by atoms with van der Waals surface area (Å²) in [6.45, 7) is 2.45. The number of benzene rings is 1. The number of carbonyl (C=O) groups excluding carboxylic acids is 2. The van der Waals surface area contributed by atoms with E-state index in [0.717, 1.165) is 19.3 Å². The van der Waals surface area contributed by atoms with E-state index < -0.39 is 21.9 Å². The molecule has 1 fully saturated rings. The smallest absolute Gasteiger partial charge is 0.396 e. The molecule has 25 heavy (non-hydrogen) atoms. The average Bonchev–Trinajstić information content (AvgIpc) is 2.63. The van der Waals surface area contributed by atoms with E-state index in [9.17, 15) is 18.0 Å². The van der Waals surface area contributed by atoms with Gasteiger partial charge in [-0.25, -0.2) is 13.2 Å². The Balaban J connectivity index is 1.99. The van der Waals surface area contributed by atoms with E-state index >= 15 is 0 Å². The Morgan fingerprint density at radius 2 is 1.96 bits per heavy atom. The van der Waals surface area contributed by atoms with Crippen LogP contribution >= 0.6 is 0 Å². The van der Waals surface area contributed by atoms with Gasteiger partial charge in [0.2, 0.25) is 10.0 Å². The molecule has 1 aliphatic heterocycles. The van der Waals surface area contributed by atoms with Crippen LogP contribution in [0.2, 0.25) is 0 Å². The maximum Gasteiger partial charge on any atom is 0.396 e. The van der Waals surface area contributed by atoms with Crippen molar-refractivity contribution in [3.05, 3.63) is 30.3 Å². The number of ether oxygens (including phenoxy) is 1. The summed E-state index contributed by atoms with van der Waals surface area (Å²) in [6.07, 6.45) is 2.95. The second kappa shape index (κ2) is 8.96. The number of amides is 1. The third kappa shape index (κ3) is 5.02. The molecule has 1 heterocycles. The molecule has 138 valence electrons. The fourth-order valence-electron chi connectivity index (χ4n) is 2.93. The zero-order valence-electron chi connectivity index (χ0n) is 14.3. The van der Waals surface area contributed by atoms with Gasteiger partial charge in [0.1, 0.15) is 0 Å². The van der Waals surface area contributed by atoms with E-state index in [4.69, 9.17) is 0 Å². The minimum absolute atomic E-state index is 0.137. The third-order valence-corrected chi connectivity index (χ3v) is 6.11. The molecule has 1 amide bonds. The molecule has 0 aromatic heterocycles. The lowest BCUT2D eigenvalue weighted by atomic mass is 10.0. The van der Waals surface area contributed by atoms with E-state index in [2.05, 4.69) is 10.1 Å². The van der Waals surface area contributed by atoms with Crippen molar-refractivity contribution in [1.29, 1.82) is 0 Å². The van der Waals surface area contributed by atoms with Crippen molar-refractivity contribution in [1.82, 2.24) is 9.62 Å². The van der Waals surface area contributed by atoms with Crippen LogP contribution in [0.4, 0.5) is 0 Å². The SMILES string of the molecule is CCOC(=O)C(=O)NCC[C@H]1CCCCN1S(=O)(=O)c1ccccc1. The molecule has 8 heteroatoms. The van der Waals surface area contributed by atoms with Crippen LogP contribution in [0.5, 0.6) is 0 Å². The molecule has 0 saturated carbocycles. The number of rotatable bonds is 6. The highest BCUT2D eigenvalue weighted by atomic mass is 32.2. The van der Waals surface area contributed by atoms with Crippen LogP contribution in [0.3, 0.4) is 0 Å². The quantitative estimate of drug-likeness (QED) is 0.603. The first-order chi connectivity index (χ1) is 12.0. The Kier molecular flexibility index (Phi) is 6.95. The number of sulfonamides is 1. The minimum Gasteiger partial charge on any atom is -0.459 e. The van der Waals surface area contributed by atoms with Crippen LogP contribution in [-0.2, 0) is 24.3 Å². The molecule has 0 spiro atoms. The summed E-state index contributed by atoms with van der Waals surface area (Å²) in [6, 6.07) is 8.16. The normalized spacial score (nSPS) is 18.5. The van der Waals surface area contributed by atoms with Crippen LogP contribution in [0.1, 0.15) is 32.6 Å². The number of piperidine rings is 1. The summed E-state index contributed by atoms with van der Waals surface area (Å²) >= 11 is 0. The van der Waals surface area contributed by atoms with Gasteiger partial charge >= 0.3 is 11.9 Å². The molecule has 2 rings (SSSR count). The number of hydrogen-bond donors (Lipinski definition) is 1. The van der Waals surface area contributed by atoms with Gasteiger partial charge < -0.3 is 10.1 Å². The van der Waals surface area contributed by atoms with Crippen LogP contribution in [-0.4, -0.2) is 50.3 Å². The molecule has 1 aromatic rings. The summed E-state index contributed by atoms with van der Waals surface area (Å²) < 4.78 is 31.8. The van der Waals surface area contributed by atoms with Gasteiger partial charge in [-0.1, -0.05) is 24.6 Å². The Morgan fingerprint density at radius 1 is 1.24 bits per heavy atom. The van der Waals surface area contributed by atoms with E-state index in [1.165, 1.54) is 4.31 Å². The van der Waals surface area contributed by atoms with Crippen LogP contribution < -0.4 is 5.32 Å². The predicted molar refractivity (Wildman–Crippen MR) is 92.2 cm³/mol. The summed E-state index contributed by atoms with van der Waals surface area (Å²) in [5.74, 6) is -1.71. The molecule has 0 bridgehead atoms. The fourth-order valence-corrected chi connectivity index (χ4v) is 4.67. The Hall–Kier alpha value is -1.93. The molecule has 0 aliphatic carbocycles. The number of carbonyl (C=O) groups is 2. The molecule has 1 saturated heterocycles. The van der Waals surface area contributed by atoms with Crippen molar-refractivity contribution < 1.29 is 22.7 Å². The first-order valence-electron chi connectivity index (χ1n) is 8.48. The Bertz CT molecular complexity index is 690. The van der Waals surface area contributed by atoms with Gasteiger partial charge in [-0.15, -0.1) is 0 Å². The molecule has 7 nitrogen and oxygen atoms in total. The minimum atomic E-state index is -3.56. The number of nitrogens with one attached hydrogen (secondary N) is 1. The summed E-state index contributed by atoms with van der Waals surface area (Å²) in [5, 5.41) is 2.49. The van der Waals surface area contributed by atoms with Gasteiger partial charge in [-0.2, -0.15) is 4.31 Å². The highest BCUT2D eigenvalue weighted by Gasteiger charge is 2.33. The molecule has 1 aromatic carbocycles. The molecule has 0 radical (unpaired) electrons.